The number of amides is 1. The number of rotatable bonds is 9. The molecule has 1 atom stereocenters. The average molecular weight is 473 g/mol. The summed E-state index contributed by atoms with van der Waals surface area (Å²) in [7, 11) is -2.44. The normalized spacial score (nSPS) is 12.3. The molecule has 0 saturated carbocycles. The molecule has 1 heterocycles. The summed E-state index contributed by atoms with van der Waals surface area (Å²) in [5, 5.41) is 10.7. The van der Waals surface area contributed by atoms with E-state index in [4.69, 9.17) is 0 Å². The summed E-state index contributed by atoms with van der Waals surface area (Å²) < 4.78 is 31.3. The zero-order valence-electron chi connectivity index (χ0n) is 17.3. The Bertz CT molecular complexity index is 1000. The van der Waals surface area contributed by atoms with Crippen LogP contribution in [0.4, 0.5) is 10.8 Å². The molecule has 0 radical (unpaired) electrons. The zero-order chi connectivity index (χ0) is 22.5. The van der Waals surface area contributed by atoms with Gasteiger partial charge in [-0.1, -0.05) is 36.1 Å². The van der Waals surface area contributed by atoms with Gasteiger partial charge in [-0.2, -0.15) is 0 Å². The first-order chi connectivity index (χ1) is 14.0. The number of nitrogens with one attached hydrogen (secondary N) is 1. The van der Waals surface area contributed by atoms with Crippen LogP contribution < -0.4 is 9.62 Å². The van der Waals surface area contributed by atoms with Crippen LogP contribution in [0.2, 0.25) is 0 Å². The number of hydrogen-bond donors (Lipinski definition) is 1. The van der Waals surface area contributed by atoms with Crippen molar-refractivity contribution in [3.05, 3.63) is 29.3 Å². The summed E-state index contributed by atoms with van der Waals surface area (Å²) in [6.45, 7) is 5.47. The Kier molecular flexibility index (Phi) is 8.21. The first kappa shape index (κ1) is 24.1. The lowest BCUT2D eigenvalue weighted by atomic mass is 10.1. The second-order valence-electron chi connectivity index (χ2n) is 6.56. The molecule has 9 nitrogen and oxygen atoms in total. The van der Waals surface area contributed by atoms with Gasteiger partial charge in [-0.15, -0.1) is 10.2 Å². The smallest absolute Gasteiger partial charge is 0.316 e. The van der Waals surface area contributed by atoms with Crippen LogP contribution in [0.3, 0.4) is 0 Å². The molecular formula is C18H24N4O5S3. The number of benzene rings is 1. The summed E-state index contributed by atoms with van der Waals surface area (Å²) >= 11 is 2.23. The number of aryl methyl sites for hydroxylation is 2. The van der Waals surface area contributed by atoms with E-state index >= 15 is 0 Å². The fourth-order valence-corrected chi connectivity index (χ4v) is 5.61. The number of aromatic nitrogens is 2. The van der Waals surface area contributed by atoms with Crippen molar-refractivity contribution >= 4 is 55.8 Å². The Hall–Kier alpha value is -2.18. The number of esters is 1. The minimum Gasteiger partial charge on any atom is -0.468 e. The fraction of sp³-hybridized carbons (Fsp3) is 0.444. The van der Waals surface area contributed by atoms with Crippen LogP contribution >= 0.6 is 23.1 Å². The van der Waals surface area contributed by atoms with Crippen LogP contribution in [0.25, 0.3) is 0 Å². The lowest BCUT2D eigenvalue weighted by Crippen LogP contribution is -2.47. The van der Waals surface area contributed by atoms with Crippen LogP contribution in [0.15, 0.2) is 22.5 Å². The third-order valence-corrected chi connectivity index (χ3v) is 7.09. The largest absolute Gasteiger partial charge is 0.468 e. The SMILES string of the molecule is CC[C@H](C(=O)Nc1nnc(SCC(=O)OC)s1)N(c1cc(C)cc(C)c1)S(C)(=O)=O. The van der Waals surface area contributed by atoms with Gasteiger partial charge in [0.25, 0.3) is 0 Å². The third-order valence-electron chi connectivity index (χ3n) is 3.97. The lowest BCUT2D eigenvalue weighted by Gasteiger charge is -2.30. The van der Waals surface area contributed by atoms with E-state index < -0.39 is 27.9 Å². The molecule has 2 aromatic rings. The van der Waals surface area contributed by atoms with Gasteiger partial charge in [0.05, 0.1) is 24.8 Å². The molecule has 2 rings (SSSR count). The van der Waals surface area contributed by atoms with Gasteiger partial charge in [-0.3, -0.25) is 19.2 Å². The molecule has 0 fully saturated rings. The quantitative estimate of drug-likeness (QED) is 0.336. The summed E-state index contributed by atoms with van der Waals surface area (Å²) in [5.74, 6) is -0.836. The average Bonchev–Trinajstić information content (AvgIpc) is 3.09. The molecular weight excluding hydrogens is 448 g/mol. The van der Waals surface area contributed by atoms with Crippen molar-refractivity contribution in [2.45, 2.75) is 37.6 Å². The first-order valence-electron chi connectivity index (χ1n) is 8.96. The monoisotopic (exact) mass is 472 g/mol. The van der Waals surface area contributed by atoms with E-state index in [0.29, 0.717) is 10.0 Å². The highest BCUT2D eigenvalue weighted by molar-refractivity contribution is 8.01. The molecule has 0 aliphatic rings. The molecule has 0 unspecified atom stereocenters. The van der Waals surface area contributed by atoms with Gasteiger partial charge in [0, 0.05) is 0 Å². The van der Waals surface area contributed by atoms with Gasteiger partial charge in [-0.05, 0) is 43.5 Å². The van der Waals surface area contributed by atoms with Crippen molar-refractivity contribution in [1.82, 2.24) is 10.2 Å². The number of hydrogen-bond acceptors (Lipinski definition) is 9. The van der Waals surface area contributed by atoms with Crippen molar-refractivity contribution in [2.24, 2.45) is 0 Å². The van der Waals surface area contributed by atoms with Gasteiger partial charge >= 0.3 is 5.97 Å². The number of nitrogens with zero attached hydrogens (tertiary/aromatic N) is 3. The van der Waals surface area contributed by atoms with Crippen molar-refractivity contribution in [1.29, 1.82) is 0 Å². The Morgan fingerprint density at radius 3 is 2.40 bits per heavy atom. The third kappa shape index (κ3) is 6.41. The molecule has 0 bridgehead atoms. The van der Waals surface area contributed by atoms with Crippen molar-refractivity contribution in [2.75, 3.05) is 28.7 Å². The van der Waals surface area contributed by atoms with Crippen molar-refractivity contribution in [3.63, 3.8) is 0 Å². The highest BCUT2D eigenvalue weighted by Gasteiger charge is 2.32. The van der Waals surface area contributed by atoms with Crippen LogP contribution in [-0.2, 0) is 24.3 Å². The van der Waals surface area contributed by atoms with Crippen LogP contribution in [-0.4, -0.2) is 55.7 Å². The summed E-state index contributed by atoms with van der Waals surface area (Å²) in [5.41, 5.74) is 2.22. The summed E-state index contributed by atoms with van der Waals surface area (Å²) in [6, 6.07) is 4.43. The summed E-state index contributed by atoms with van der Waals surface area (Å²) in [6.07, 6.45) is 1.34. The van der Waals surface area contributed by atoms with Crippen LogP contribution in [0.5, 0.6) is 0 Å². The summed E-state index contributed by atoms with van der Waals surface area (Å²) in [4.78, 5) is 24.2. The maximum absolute atomic E-state index is 12.9. The number of anilines is 2. The predicted molar refractivity (Wildman–Crippen MR) is 119 cm³/mol. The van der Waals surface area contributed by atoms with E-state index in [1.165, 1.54) is 7.11 Å². The predicted octanol–water partition coefficient (Wildman–Crippen LogP) is 2.60. The number of ether oxygens (including phenoxy) is 1. The second kappa shape index (κ2) is 10.2. The fourth-order valence-electron chi connectivity index (χ4n) is 2.83. The highest BCUT2D eigenvalue weighted by atomic mass is 32.2. The molecule has 1 amide bonds. The van der Waals surface area contributed by atoms with Crippen molar-refractivity contribution in [3.8, 4) is 0 Å². The maximum atomic E-state index is 12.9. The molecule has 0 spiro atoms. The number of sulfonamides is 1. The van der Waals surface area contributed by atoms with Gasteiger partial charge < -0.3 is 4.74 Å². The van der Waals surface area contributed by atoms with Gasteiger partial charge in [-0.25, -0.2) is 8.42 Å². The van der Waals surface area contributed by atoms with Gasteiger partial charge in [0.15, 0.2) is 4.34 Å². The first-order valence-corrected chi connectivity index (χ1v) is 12.6. The minimum atomic E-state index is -3.73. The Labute approximate surface area is 184 Å². The topological polar surface area (TPSA) is 119 Å². The Morgan fingerprint density at radius 1 is 1.23 bits per heavy atom. The molecule has 30 heavy (non-hydrogen) atoms. The number of methoxy groups -OCH3 is 1. The van der Waals surface area contributed by atoms with E-state index in [9.17, 15) is 18.0 Å². The minimum absolute atomic E-state index is 0.0746. The highest BCUT2D eigenvalue weighted by Crippen LogP contribution is 2.28. The van der Waals surface area contributed by atoms with E-state index in [-0.39, 0.29) is 17.3 Å². The Morgan fingerprint density at radius 2 is 1.87 bits per heavy atom. The molecule has 1 N–H and O–H groups in total. The molecule has 0 saturated heterocycles. The number of carbonyl (C=O) groups excluding carboxylic acids is 2. The molecule has 0 aliphatic heterocycles. The molecule has 12 heteroatoms. The van der Waals surface area contributed by atoms with E-state index in [2.05, 4.69) is 20.3 Å². The Balaban J connectivity index is 2.24. The zero-order valence-corrected chi connectivity index (χ0v) is 19.8. The van der Waals surface area contributed by atoms with Crippen LogP contribution in [0.1, 0.15) is 24.5 Å². The maximum Gasteiger partial charge on any atom is 0.316 e. The van der Waals surface area contributed by atoms with E-state index in [1.54, 1.807) is 19.1 Å². The molecule has 0 aliphatic carbocycles. The number of thioether (sulfide) groups is 1. The van der Waals surface area contributed by atoms with Gasteiger partial charge in [0.1, 0.15) is 6.04 Å². The lowest BCUT2D eigenvalue weighted by molar-refractivity contribution is -0.137. The number of carbonyl (C=O) groups is 2. The van der Waals surface area contributed by atoms with Gasteiger partial charge in [0.2, 0.25) is 21.1 Å². The van der Waals surface area contributed by atoms with E-state index in [0.717, 1.165) is 44.8 Å². The standard InChI is InChI=1S/C18H24N4O5S3/c1-6-14(22(30(5,25)26)13-8-11(2)7-12(3)9-13)16(24)19-17-20-21-18(29-17)28-10-15(23)27-4/h7-9,14H,6,10H2,1-5H3,(H,19,20,24)/t14-/m1/s1. The molecule has 1 aromatic heterocycles. The van der Waals surface area contributed by atoms with Crippen LogP contribution in [0, 0.1) is 13.8 Å². The van der Waals surface area contributed by atoms with E-state index in [1.807, 2.05) is 19.9 Å². The molecule has 1 aromatic carbocycles. The van der Waals surface area contributed by atoms with Crippen molar-refractivity contribution < 1.29 is 22.7 Å². The second-order valence-corrected chi connectivity index (χ2v) is 10.6. The molecule has 164 valence electrons.